The fraction of sp³-hybridized carbons (Fsp3) is 0.938. The summed E-state index contributed by atoms with van der Waals surface area (Å²) in [5, 5.41) is 20.3. The van der Waals surface area contributed by atoms with Crippen LogP contribution in [-0.4, -0.2) is 11.2 Å². The lowest BCUT2D eigenvalue weighted by molar-refractivity contribution is -0.0186. The van der Waals surface area contributed by atoms with E-state index in [1.165, 1.54) is 25.7 Å². The van der Waals surface area contributed by atoms with E-state index in [9.17, 15) is 10.4 Å². The molecule has 2 rings (SSSR count). The molecule has 0 heterocycles. The lowest BCUT2D eigenvalue weighted by Gasteiger charge is -2.40. The third-order valence-corrected chi connectivity index (χ3v) is 5.30. The quantitative estimate of drug-likeness (QED) is 0.751. The zero-order valence-corrected chi connectivity index (χ0v) is 11.7. The van der Waals surface area contributed by atoms with Crippen LogP contribution in [0.15, 0.2) is 0 Å². The Bertz CT molecular complexity index is 291. The van der Waals surface area contributed by atoms with Crippen molar-refractivity contribution in [3.63, 3.8) is 0 Å². The first-order valence-electron chi connectivity index (χ1n) is 7.77. The first-order valence-corrected chi connectivity index (χ1v) is 7.77. The van der Waals surface area contributed by atoms with E-state index in [0.717, 1.165) is 44.4 Å². The molecule has 2 nitrogen and oxygen atoms in total. The highest BCUT2D eigenvalue weighted by Gasteiger charge is 2.44. The summed E-state index contributed by atoms with van der Waals surface area (Å²) in [6.07, 6.45) is 11.0. The summed E-state index contributed by atoms with van der Waals surface area (Å²) < 4.78 is 0. The number of hydrogen-bond acceptors (Lipinski definition) is 2. The molecule has 102 valence electrons. The Morgan fingerprint density at radius 1 is 1.06 bits per heavy atom. The molecular weight excluding hydrogens is 222 g/mol. The summed E-state index contributed by atoms with van der Waals surface area (Å²) in [5.74, 6) is 1.10. The van der Waals surface area contributed by atoms with Crippen LogP contribution in [0.5, 0.6) is 0 Å². The third kappa shape index (κ3) is 2.88. The molecule has 2 aliphatic rings. The van der Waals surface area contributed by atoms with Crippen molar-refractivity contribution >= 4 is 0 Å². The molecule has 0 spiro atoms. The largest absolute Gasteiger partial charge is 0.391 e. The first-order chi connectivity index (χ1) is 8.68. The molecule has 0 aromatic rings. The van der Waals surface area contributed by atoms with Crippen molar-refractivity contribution in [3.05, 3.63) is 0 Å². The van der Waals surface area contributed by atoms with Gasteiger partial charge in [0.15, 0.2) is 0 Å². The highest BCUT2D eigenvalue weighted by atomic mass is 16.3. The zero-order chi connectivity index (χ0) is 13.0. The lowest BCUT2D eigenvalue weighted by Crippen LogP contribution is -2.42. The maximum Gasteiger partial charge on any atom is 0.0835 e. The van der Waals surface area contributed by atoms with Crippen LogP contribution in [-0.2, 0) is 0 Å². The summed E-state index contributed by atoms with van der Waals surface area (Å²) in [6, 6.07) is 2.51. The van der Waals surface area contributed by atoms with Gasteiger partial charge in [-0.2, -0.15) is 5.26 Å². The molecule has 0 amide bonds. The van der Waals surface area contributed by atoms with Gasteiger partial charge in [-0.25, -0.2) is 0 Å². The van der Waals surface area contributed by atoms with Crippen LogP contribution in [0.3, 0.4) is 0 Å². The van der Waals surface area contributed by atoms with Gasteiger partial charge >= 0.3 is 0 Å². The van der Waals surface area contributed by atoms with Crippen LogP contribution in [0.1, 0.15) is 71.1 Å². The average molecular weight is 249 g/mol. The van der Waals surface area contributed by atoms with Crippen molar-refractivity contribution in [1.29, 1.82) is 5.26 Å². The molecule has 0 saturated heterocycles. The molecule has 0 aliphatic heterocycles. The van der Waals surface area contributed by atoms with Gasteiger partial charge in [-0.05, 0) is 50.4 Å². The molecule has 2 fully saturated rings. The Morgan fingerprint density at radius 2 is 1.61 bits per heavy atom. The molecule has 1 atom stereocenters. The SMILES string of the molecule is CC1CCC(C#N)(C(O)C2CCCCCC2)CC1. The average Bonchev–Trinajstić information content (AvgIpc) is 2.68. The van der Waals surface area contributed by atoms with Crippen LogP contribution in [0, 0.1) is 28.6 Å². The van der Waals surface area contributed by atoms with E-state index < -0.39 is 5.41 Å². The maximum absolute atomic E-state index is 10.7. The molecule has 1 unspecified atom stereocenters. The monoisotopic (exact) mass is 249 g/mol. The van der Waals surface area contributed by atoms with Gasteiger partial charge in [0.1, 0.15) is 0 Å². The minimum atomic E-state index is -0.429. The topological polar surface area (TPSA) is 44.0 Å². The van der Waals surface area contributed by atoms with Gasteiger partial charge in [0, 0.05) is 0 Å². The number of nitriles is 1. The number of nitrogens with zero attached hydrogens (tertiary/aromatic N) is 1. The molecule has 0 radical (unpaired) electrons. The summed E-state index contributed by atoms with van der Waals surface area (Å²) in [5.41, 5.74) is -0.429. The molecule has 18 heavy (non-hydrogen) atoms. The van der Waals surface area contributed by atoms with Gasteiger partial charge in [0.05, 0.1) is 17.6 Å². The van der Waals surface area contributed by atoms with E-state index in [4.69, 9.17) is 0 Å². The molecule has 2 saturated carbocycles. The van der Waals surface area contributed by atoms with Crippen molar-refractivity contribution < 1.29 is 5.11 Å². The molecular formula is C16H27NO. The van der Waals surface area contributed by atoms with Crippen molar-refractivity contribution in [3.8, 4) is 6.07 Å². The molecule has 0 aromatic heterocycles. The van der Waals surface area contributed by atoms with Crippen molar-refractivity contribution in [2.45, 2.75) is 77.2 Å². The molecule has 1 N–H and O–H groups in total. The summed E-state index contributed by atoms with van der Waals surface area (Å²) >= 11 is 0. The third-order valence-electron chi connectivity index (χ3n) is 5.30. The fourth-order valence-electron chi connectivity index (χ4n) is 3.83. The zero-order valence-electron chi connectivity index (χ0n) is 11.7. The van der Waals surface area contributed by atoms with E-state index in [1.54, 1.807) is 0 Å². The van der Waals surface area contributed by atoms with Gasteiger partial charge in [-0.15, -0.1) is 0 Å². The minimum absolute atomic E-state index is 0.376. The Labute approximate surface area is 111 Å². The minimum Gasteiger partial charge on any atom is -0.391 e. The Hall–Kier alpha value is -0.550. The lowest BCUT2D eigenvalue weighted by atomic mass is 9.65. The van der Waals surface area contributed by atoms with Crippen LogP contribution in [0.25, 0.3) is 0 Å². The maximum atomic E-state index is 10.7. The second kappa shape index (κ2) is 6.06. The predicted octanol–water partition coefficient (Wildman–Crippen LogP) is 4.04. The highest BCUT2D eigenvalue weighted by Crippen LogP contribution is 2.45. The Kier molecular flexibility index (Phi) is 4.67. The van der Waals surface area contributed by atoms with Gasteiger partial charge in [0.25, 0.3) is 0 Å². The van der Waals surface area contributed by atoms with Gasteiger partial charge in [-0.3, -0.25) is 0 Å². The van der Waals surface area contributed by atoms with Crippen LogP contribution < -0.4 is 0 Å². The molecule has 2 heteroatoms. The van der Waals surface area contributed by atoms with Gasteiger partial charge in [-0.1, -0.05) is 32.6 Å². The Morgan fingerprint density at radius 3 is 2.11 bits per heavy atom. The second-order valence-electron chi connectivity index (χ2n) is 6.65. The van der Waals surface area contributed by atoms with Crippen molar-refractivity contribution in [2.24, 2.45) is 17.3 Å². The van der Waals surface area contributed by atoms with E-state index in [2.05, 4.69) is 13.0 Å². The second-order valence-corrected chi connectivity index (χ2v) is 6.65. The smallest absolute Gasteiger partial charge is 0.0835 e. The van der Waals surface area contributed by atoms with Gasteiger partial charge in [0.2, 0.25) is 0 Å². The van der Waals surface area contributed by atoms with Crippen LogP contribution in [0.4, 0.5) is 0 Å². The predicted molar refractivity (Wildman–Crippen MR) is 72.9 cm³/mol. The molecule has 0 bridgehead atoms. The molecule has 0 aromatic carbocycles. The van der Waals surface area contributed by atoms with E-state index in [-0.39, 0.29) is 6.10 Å². The van der Waals surface area contributed by atoms with E-state index >= 15 is 0 Å². The normalized spacial score (nSPS) is 36.6. The highest BCUT2D eigenvalue weighted by molar-refractivity contribution is 5.07. The van der Waals surface area contributed by atoms with Crippen LogP contribution in [0.2, 0.25) is 0 Å². The summed E-state index contributed by atoms with van der Waals surface area (Å²) in [6.45, 7) is 2.26. The van der Waals surface area contributed by atoms with E-state index in [0.29, 0.717) is 5.92 Å². The van der Waals surface area contributed by atoms with Crippen molar-refractivity contribution in [1.82, 2.24) is 0 Å². The number of aliphatic hydroxyl groups excluding tert-OH is 1. The van der Waals surface area contributed by atoms with Crippen LogP contribution >= 0.6 is 0 Å². The van der Waals surface area contributed by atoms with Crippen molar-refractivity contribution in [2.75, 3.05) is 0 Å². The number of rotatable bonds is 2. The Balaban J connectivity index is 2.04. The fourth-order valence-corrected chi connectivity index (χ4v) is 3.83. The summed E-state index contributed by atoms with van der Waals surface area (Å²) in [4.78, 5) is 0. The van der Waals surface area contributed by atoms with E-state index in [1.807, 2.05) is 0 Å². The number of hydrogen-bond donors (Lipinski definition) is 1. The standard InChI is InChI=1S/C16H27NO/c1-13-8-10-16(12-17,11-9-13)15(18)14-6-4-2-3-5-7-14/h13-15,18H,2-11H2,1H3. The van der Waals surface area contributed by atoms with Gasteiger partial charge < -0.3 is 5.11 Å². The number of aliphatic hydroxyl groups is 1. The summed E-state index contributed by atoms with van der Waals surface area (Å²) in [7, 11) is 0. The first kappa shape index (κ1) is 13.9. The molecule has 2 aliphatic carbocycles.